The first-order chi connectivity index (χ1) is 21.0. The Morgan fingerprint density at radius 1 is 0.636 bits per heavy atom. The molecule has 0 unspecified atom stereocenters. The topological polar surface area (TPSA) is 227 Å². The Kier molecular flexibility index (Phi) is 9.51. The third kappa shape index (κ3) is 7.15. The second-order valence-electron chi connectivity index (χ2n) is 9.03. The Morgan fingerprint density at radius 2 is 1.00 bits per heavy atom. The van der Waals surface area contributed by atoms with Crippen LogP contribution in [0.3, 0.4) is 0 Å². The van der Waals surface area contributed by atoms with Gasteiger partial charge in [-0.3, -0.25) is 30.3 Å². The second-order valence-corrected chi connectivity index (χ2v) is 9.03. The summed E-state index contributed by atoms with van der Waals surface area (Å²) >= 11 is 0. The summed E-state index contributed by atoms with van der Waals surface area (Å²) in [5.74, 6) is -2.87. The van der Waals surface area contributed by atoms with Gasteiger partial charge < -0.3 is 23.7 Å². The fourth-order valence-electron chi connectivity index (χ4n) is 4.07. The van der Waals surface area contributed by atoms with E-state index in [1.807, 2.05) is 0 Å². The van der Waals surface area contributed by atoms with Gasteiger partial charge in [0.25, 0.3) is 17.1 Å². The standard InChI is InChI=1S/C27H21N3O14/c1-40-27-23(44-26(33)17-6-12-20(13-7-17)30(38)39)22(43-25(32)16-4-10-19(11-5-16)29(36)37)21(42-27)14-41-24(31)15-2-8-18(9-3-15)28(34)35/h2-13,21-23,27H,14H2,1H3/t21-,22-,23-,27+/m1/s1. The van der Waals surface area contributed by atoms with Gasteiger partial charge in [0.15, 0.2) is 18.5 Å². The summed E-state index contributed by atoms with van der Waals surface area (Å²) in [6, 6.07) is 13.5. The van der Waals surface area contributed by atoms with Crippen molar-refractivity contribution in [3.05, 3.63) is 120 Å². The van der Waals surface area contributed by atoms with Gasteiger partial charge in [-0.05, 0) is 36.4 Å². The quantitative estimate of drug-likeness (QED) is 0.131. The number of rotatable bonds is 11. The predicted molar refractivity (Wildman–Crippen MR) is 144 cm³/mol. The lowest BCUT2D eigenvalue weighted by atomic mass is 10.1. The van der Waals surface area contributed by atoms with Crippen molar-refractivity contribution in [3.8, 4) is 0 Å². The summed E-state index contributed by atoms with van der Waals surface area (Å²) in [5.41, 5.74) is -1.02. The van der Waals surface area contributed by atoms with E-state index < -0.39 is 63.9 Å². The van der Waals surface area contributed by atoms with Crippen LogP contribution in [0.25, 0.3) is 0 Å². The minimum Gasteiger partial charge on any atom is -0.459 e. The van der Waals surface area contributed by atoms with Gasteiger partial charge in [-0.2, -0.15) is 0 Å². The molecular formula is C27H21N3O14. The molecule has 0 amide bonds. The first-order valence-corrected chi connectivity index (χ1v) is 12.5. The molecule has 0 spiro atoms. The molecule has 1 fully saturated rings. The molecule has 44 heavy (non-hydrogen) atoms. The lowest BCUT2D eigenvalue weighted by molar-refractivity contribution is -0.385. The number of nitro groups is 3. The van der Waals surface area contributed by atoms with Crippen LogP contribution in [0.15, 0.2) is 72.8 Å². The largest absolute Gasteiger partial charge is 0.459 e. The average Bonchev–Trinajstić information content (AvgIpc) is 3.35. The van der Waals surface area contributed by atoms with Gasteiger partial charge in [0, 0.05) is 43.5 Å². The predicted octanol–water partition coefficient (Wildman–Crippen LogP) is 3.39. The number of carbonyl (C=O) groups is 3. The number of carbonyl (C=O) groups excluding carboxylic acids is 3. The summed E-state index contributed by atoms with van der Waals surface area (Å²) in [4.78, 5) is 69.4. The van der Waals surface area contributed by atoms with E-state index in [0.29, 0.717) is 0 Å². The van der Waals surface area contributed by atoms with E-state index in [0.717, 1.165) is 60.7 Å². The molecule has 1 saturated heterocycles. The van der Waals surface area contributed by atoms with Crippen molar-refractivity contribution >= 4 is 35.0 Å². The van der Waals surface area contributed by atoms with Crippen LogP contribution < -0.4 is 0 Å². The Labute approximate surface area is 246 Å². The number of nitrogens with zero attached hydrogens (tertiary/aromatic N) is 3. The third-order valence-corrected chi connectivity index (χ3v) is 6.31. The van der Waals surface area contributed by atoms with Crippen LogP contribution in [0.2, 0.25) is 0 Å². The fraction of sp³-hybridized carbons (Fsp3) is 0.222. The van der Waals surface area contributed by atoms with Crippen LogP contribution in [-0.4, -0.2) is 71.0 Å². The molecule has 1 aliphatic rings. The molecule has 4 atom stereocenters. The van der Waals surface area contributed by atoms with Crippen molar-refractivity contribution in [2.45, 2.75) is 24.6 Å². The van der Waals surface area contributed by atoms with Crippen LogP contribution in [0.4, 0.5) is 17.1 Å². The van der Waals surface area contributed by atoms with Crippen LogP contribution in [0.5, 0.6) is 0 Å². The van der Waals surface area contributed by atoms with Crippen molar-refractivity contribution in [1.29, 1.82) is 0 Å². The molecule has 228 valence electrons. The summed E-state index contributed by atoms with van der Waals surface area (Å²) < 4.78 is 27.4. The smallest absolute Gasteiger partial charge is 0.338 e. The molecule has 1 aliphatic heterocycles. The maximum Gasteiger partial charge on any atom is 0.338 e. The molecule has 0 N–H and O–H groups in total. The summed E-state index contributed by atoms with van der Waals surface area (Å²) in [5, 5.41) is 32.8. The molecule has 0 bridgehead atoms. The van der Waals surface area contributed by atoms with Crippen LogP contribution in [0, 0.1) is 30.3 Å². The summed E-state index contributed by atoms with van der Waals surface area (Å²) in [7, 11) is 1.21. The highest BCUT2D eigenvalue weighted by Gasteiger charge is 2.51. The number of methoxy groups -OCH3 is 1. The molecule has 17 nitrogen and oxygen atoms in total. The van der Waals surface area contributed by atoms with E-state index in [-0.39, 0.29) is 33.8 Å². The number of benzene rings is 3. The first-order valence-electron chi connectivity index (χ1n) is 12.5. The zero-order valence-electron chi connectivity index (χ0n) is 22.5. The SMILES string of the molecule is CO[C@H]1O[C@H](COC(=O)c2ccc([N+](=O)[O-])cc2)[C@@H](OC(=O)c2ccc([N+](=O)[O-])cc2)[C@H]1OC(=O)c1ccc([N+](=O)[O-])cc1. The highest BCUT2D eigenvalue weighted by Crippen LogP contribution is 2.30. The van der Waals surface area contributed by atoms with Crippen molar-refractivity contribution in [1.82, 2.24) is 0 Å². The molecule has 1 heterocycles. The highest BCUT2D eigenvalue weighted by atomic mass is 16.7. The Bertz CT molecular complexity index is 1570. The number of non-ortho nitro benzene ring substituents is 3. The van der Waals surface area contributed by atoms with E-state index in [4.69, 9.17) is 23.7 Å². The molecule has 0 saturated carbocycles. The van der Waals surface area contributed by atoms with Crippen molar-refractivity contribution in [3.63, 3.8) is 0 Å². The number of nitro benzene ring substituents is 3. The minimum atomic E-state index is -1.45. The summed E-state index contributed by atoms with van der Waals surface area (Å²) in [6.45, 7) is -0.556. The molecule has 0 aliphatic carbocycles. The second kappa shape index (κ2) is 13.4. The van der Waals surface area contributed by atoms with Crippen molar-refractivity contribution in [2.75, 3.05) is 13.7 Å². The van der Waals surface area contributed by atoms with Gasteiger partial charge in [-0.25, -0.2) is 14.4 Å². The van der Waals surface area contributed by atoms with Crippen LogP contribution in [-0.2, 0) is 23.7 Å². The van der Waals surface area contributed by atoms with Gasteiger partial charge >= 0.3 is 17.9 Å². The lowest BCUT2D eigenvalue weighted by Crippen LogP contribution is -2.42. The maximum absolute atomic E-state index is 13.0. The number of hydrogen-bond donors (Lipinski definition) is 0. The molecule has 4 rings (SSSR count). The number of ether oxygens (including phenoxy) is 5. The third-order valence-electron chi connectivity index (χ3n) is 6.31. The van der Waals surface area contributed by atoms with E-state index in [1.54, 1.807) is 0 Å². The van der Waals surface area contributed by atoms with Gasteiger partial charge in [0.2, 0.25) is 0 Å². The van der Waals surface area contributed by atoms with E-state index in [2.05, 4.69) is 0 Å². The van der Waals surface area contributed by atoms with Gasteiger partial charge in [-0.1, -0.05) is 0 Å². The first kappa shape index (κ1) is 31.1. The summed E-state index contributed by atoms with van der Waals surface area (Å²) in [6.07, 6.45) is -5.49. The van der Waals surface area contributed by atoms with Gasteiger partial charge in [0.05, 0.1) is 31.5 Å². The zero-order valence-corrected chi connectivity index (χ0v) is 22.5. The Morgan fingerprint density at radius 3 is 1.36 bits per heavy atom. The van der Waals surface area contributed by atoms with Crippen molar-refractivity contribution in [2.24, 2.45) is 0 Å². The van der Waals surface area contributed by atoms with Crippen LogP contribution >= 0.6 is 0 Å². The molecule has 3 aromatic rings. The van der Waals surface area contributed by atoms with Crippen LogP contribution in [0.1, 0.15) is 31.1 Å². The minimum absolute atomic E-state index is 0.0301. The maximum atomic E-state index is 13.0. The normalized spacial score (nSPS) is 19.0. The molecule has 17 heteroatoms. The molecule has 0 radical (unpaired) electrons. The number of esters is 3. The Hall–Kier alpha value is -5.81. The zero-order chi connectivity index (χ0) is 32.0. The lowest BCUT2D eigenvalue weighted by Gasteiger charge is -2.24. The average molecular weight is 611 g/mol. The number of hydrogen-bond acceptors (Lipinski definition) is 14. The van der Waals surface area contributed by atoms with E-state index >= 15 is 0 Å². The molecule has 3 aromatic carbocycles. The van der Waals surface area contributed by atoms with E-state index in [1.165, 1.54) is 19.2 Å². The van der Waals surface area contributed by atoms with Gasteiger partial charge in [0.1, 0.15) is 12.7 Å². The Balaban J connectivity index is 1.56. The highest BCUT2D eigenvalue weighted by molar-refractivity contribution is 5.91. The monoisotopic (exact) mass is 611 g/mol. The van der Waals surface area contributed by atoms with E-state index in [9.17, 15) is 44.7 Å². The molecule has 0 aromatic heterocycles. The van der Waals surface area contributed by atoms with Crippen molar-refractivity contribution < 1.29 is 52.8 Å². The molecular weight excluding hydrogens is 590 g/mol. The van der Waals surface area contributed by atoms with Gasteiger partial charge in [-0.15, -0.1) is 0 Å². The fourth-order valence-corrected chi connectivity index (χ4v) is 4.07.